The summed E-state index contributed by atoms with van der Waals surface area (Å²) in [5, 5.41) is 21.1. The fraction of sp³-hybridized carbons (Fsp3) is 0.160. The van der Waals surface area contributed by atoms with E-state index >= 15 is 0 Å². The molecule has 0 atom stereocenters. The number of nitrogens with zero attached hydrogens (tertiary/aromatic N) is 3. The zero-order valence-corrected chi connectivity index (χ0v) is 19.3. The highest BCUT2D eigenvalue weighted by molar-refractivity contribution is 8.04. The van der Waals surface area contributed by atoms with Gasteiger partial charge < -0.3 is 19.1 Å². The highest BCUT2D eigenvalue weighted by Gasteiger charge is 2.19. The van der Waals surface area contributed by atoms with E-state index in [2.05, 4.69) is 10.2 Å². The highest BCUT2D eigenvalue weighted by atomic mass is 32.2. The van der Waals surface area contributed by atoms with Crippen molar-refractivity contribution in [2.75, 3.05) is 14.2 Å². The molecular formula is C25H23N3O4S. The second kappa shape index (κ2) is 9.79. The lowest BCUT2D eigenvalue weighted by Gasteiger charge is -2.10. The fourth-order valence-electron chi connectivity index (χ4n) is 3.55. The van der Waals surface area contributed by atoms with Gasteiger partial charge in [0, 0.05) is 18.2 Å². The Labute approximate surface area is 195 Å². The third kappa shape index (κ3) is 4.70. The average Bonchev–Trinajstić information content (AvgIpc) is 3.25. The first kappa shape index (κ1) is 22.4. The molecule has 0 bridgehead atoms. The molecule has 7 nitrogen and oxygen atoms in total. The zero-order valence-electron chi connectivity index (χ0n) is 18.5. The number of carbonyl (C=O) groups is 1. The van der Waals surface area contributed by atoms with Crippen molar-refractivity contribution in [3.05, 3.63) is 71.1 Å². The van der Waals surface area contributed by atoms with E-state index in [1.165, 1.54) is 0 Å². The monoisotopic (exact) mass is 461 g/mol. The van der Waals surface area contributed by atoms with Crippen molar-refractivity contribution in [2.24, 2.45) is 0 Å². The van der Waals surface area contributed by atoms with Crippen molar-refractivity contribution in [1.29, 1.82) is 0 Å². The van der Waals surface area contributed by atoms with Crippen molar-refractivity contribution >= 4 is 34.6 Å². The molecule has 0 unspecified atom stereocenters. The Hall–Kier alpha value is -3.78. The number of rotatable bonds is 8. The molecule has 1 aromatic heterocycles. The molecule has 0 fully saturated rings. The minimum Gasteiger partial charge on any atom is -0.497 e. The van der Waals surface area contributed by atoms with Crippen LogP contribution >= 0.6 is 11.8 Å². The molecule has 3 aromatic carbocycles. The van der Waals surface area contributed by atoms with Crippen LogP contribution in [-0.4, -0.2) is 40.1 Å². The molecule has 4 rings (SSSR count). The highest BCUT2D eigenvalue weighted by Crippen LogP contribution is 2.34. The summed E-state index contributed by atoms with van der Waals surface area (Å²) >= 11 is 1.08. The van der Waals surface area contributed by atoms with Gasteiger partial charge in [-0.3, -0.25) is 0 Å². The zero-order chi connectivity index (χ0) is 23.4. The van der Waals surface area contributed by atoms with E-state index in [9.17, 15) is 9.90 Å². The van der Waals surface area contributed by atoms with Crippen molar-refractivity contribution in [1.82, 2.24) is 14.8 Å². The SMILES string of the molecule is CCn1c(S/C(=C\c2cccc3ccccc23)C(=O)O)nnc1-c1cc(OC)cc(OC)c1. The van der Waals surface area contributed by atoms with Gasteiger partial charge in [0.15, 0.2) is 11.0 Å². The predicted octanol–water partition coefficient (Wildman–Crippen LogP) is 5.35. The van der Waals surface area contributed by atoms with Crippen molar-refractivity contribution in [2.45, 2.75) is 18.6 Å². The second-order valence-electron chi connectivity index (χ2n) is 7.14. The number of hydrogen-bond donors (Lipinski definition) is 1. The molecule has 0 aliphatic carbocycles. The van der Waals surface area contributed by atoms with Gasteiger partial charge in [0.2, 0.25) is 0 Å². The van der Waals surface area contributed by atoms with Crippen LogP contribution in [0.4, 0.5) is 0 Å². The van der Waals surface area contributed by atoms with Crippen LogP contribution in [0, 0.1) is 0 Å². The summed E-state index contributed by atoms with van der Waals surface area (Å²) in [7, 11) is 3.17. The molecule has 0 amide bonds. The van der Waals surface area contributed by atoms with Gasteiger partial charge in [0.25, 0.3) is 0 Å². The number of carboxylic acids is 1. The van der Waals surface area contributed by atoms with Crippen LogP contribution in [0.15, 0.2) is 70.7 Å². The van der Waals surface area contributed by atoms with Crippen LogP contribution in [0.1, 0.15) is 12.5 Å². The first-order chi connectivity index (χ1) is 16.0. The third-order valence-electron chi connectivity index (χ3n) is 5.16. The van der Waals surface area contributed by atoms with Gasteiger partial charge in [0.05, 0.1) is 14.2 Å². The summed E-state index contributed by atoms with van der Waals surface area (Å²) in [6.07, 6.45) is 1.68. The van der Waals surface area contributed by atoms with E-state index in [1.54, 1.807) is 26.4 Å². The largest absolute Gasteiger partial charge is 0.497 e. The van der Waals surface area contributed by atoms with Crippen LogP contribution in [0.2, 0.25) is 0 Å². The summed E-state index contributed by atoms with van der Waals surface area (Å²) in [5.74, 6) is 0.841. The quantitative estimate of drug-likeness (QED) is 0.279. The number of fused-ring (bicyclic) bond motifs is 1. The van der Waals surface area contributed by atoms with E-state index in [4.69, 9.17) is 9.47 Å². The number of thioether (sulfide) groups is 1. The Morgan fingerprint density at radius 2 is 1.73 bits per heavy atom. The van der Waals surface area contributed by atoms with E-state index < -0.39 is 5.97 Å². The summed E-state index contributed by atoms with van der Waals surface area (Å²) < 4.78 is 12.6. The van der Waals surface area contributed by atoms with Gasteiger partial charge >= 0.3 is 5.97 Å². The maximum Gasteiger partial charge on any atom is 0.342 e. The molecule has 0 spiro atoms. The number of carboxylic acid groups (broad SMARTS) is 1. The van der Waals surface area contributed by atoms with Gasteiger partial charge in [-0.05, 0) is 53.2 Å². The molecule has 33 heavy (non-hydrogen) atoms. The van der Waals surface area contributed by atoms with Crippen molar-refractivity contribution < 1.29 is 19.4 Å². The summed E-state index contributed by atoms with van der Waals surface area (Å²) in [5.41, 5.74) is 1.60. The van der Waals surface area contributed by atoms with Crippen molar-refractivity contribution in [3.8, 4) is 22.9 Å². The minimum atomic E-state index is -1.02. The van der Waals surface area contributed by atoms with Gasteiger partial charge in [-0.25, -0.2) is 4.79 Å². The number of hydrogen-bond acceptors (Lipinski definition) is 6. The lowest BCUT2D eigenvalue weighted by molar-refractivity contribution is -0.131. The van der Waals surface area contributed by atoms with Crippen LogP contribution in [0.3, 0.4) is 0 Å². The Morgan fingerprint density at radius 3 is 2.39 bits per heavy atom. The molecule has 0 aliphatic rings. The predicted molar refractivity (Wildman–Crippen MR) is 130 cm³/mol. The fourth-order valence-corrected chi connectivity index (χ4v) is 4.43. The maximum atomic E-state index is 12.1. The van der Waals surface area contributed by atoms with Crippen molar-refractivity contribution in [3.63, 3.8) is 0 Å². The molecule has 0 saturated heterocycles. The lowest BCUT2D eigenvalue weighted by atomic mass is 10.0. The van der Waals surface area contributed by atoms with Gasteiger partial charge in [-0.15, -0.1) is 10.2 Å². The van der Waals surface area contributed by atoms with E-state index in [0.717, 1.165) is 33.7 Å². The molecule has 4 aromatic rings. The topological polar surface area (TPSA) is 86.5 Å². The van der Waals surface area contributed by atoms with E-state index in [1.807, 2.05) is 66.1 Å². The smallest absolute Gasteiger partial charge is 0.342 e. The molecule has 0 aliphatic heterocycles. The minimum absolute atomic E-state index is 0.156. The van der Waals surface area contributed by atoms with Gasteiger partial charge in [-0.2, -0.15) is 0 Å². The number of ether oxygens (including phenoxy) is 2. The Morgan fingerprint density at radius 1 is 1.03 bits per heavy atom. The van der Waals surface area contributed by atoms with Crippen LogP contribution in [0.5, 0.6) is 11.5 Å². The maximum absolute atomic E-state index is 12.1. The average molecular weight is 462 g/mol. The van der Waals surface area contributed by atoms with E-state index in [0.29, 0.717) is 29.0 Å². The first-order valence-corrected chi connectivity index (χ1v) is 11.1. The standard InChI is InChI=1S/C25H23N3O4S/c1-4-28-23(18-12-19(31-2)15-20(13-18)32-3)26-27-25(28)33-22(24(29)30)14-17-10-7-9-16-8-5-6-11-21(16)17/h5-15H,4H2,1-3H3,(H,29,30)/b22-14-. The molecule has 1 heterocycles. The van der Waals surface area contributed by atoms with Crippen LogP contribution in [-0.2, 0) is 11.3 Å². The van der Waals surface area contributed by atoms with Gasteiger partial charge in [-0.1, -0.05) is 42.5 Å². The first-order valence-electron chi connectivity index (χ1n) is 10.3. The molecule has 0 radical (unpaired) electrons. The molecule has 1 N–H and O–H groups in total. The lowest BCUT2D eigenvalue weighted by Crippen LogP contribution is -2.03. The normalized spacial score (nSPS) is 11.5. The number of methoxy groups -OCH3 is 2. The van der Waals surface area contributed by atoms with Gasteiger partial charge in [0.1, 0.15) is 16.4 Å². The van der Waals surface area contributed by atoms with Crippen LogP contribution in [0.25, 0.3) is 28.2 Å². The number of aliphatic carboxylic acids is 1. The summed E-state index contributed by atoms with van der Waals surface area (Å²) in [6, 6.07) is 19.2. The second-order valence-corrected chi connectivity index (χ2v) is 8.15. The Bertz CT molecular complexity index is 1320. The molecule has 0 saturated carbocycles. The summed E-state index contributed by atoms with van der Waals surface area (Å²) in [6.45, 7) is 2.52. The molecule has 8 heteroatoms. The summed E-state index contributed by atoms with van der Waals surface area (Å²) in [4.78, 5) is 12.3. The number of benzene rings is 3. The molecular weight excluding hydrogens is 438 g/mol. The Balaban J connectivity index is 1.74. The van der Waals surface area contributed by atoms with Crippen LogP contribution < -0.4 is 9.47 Å². The number of aromatic nitrogens is 3. The third-order valence-corrected chi connectivity index (χ3v) is 6.16. The molecule has 168 valence electrons. The Kier molecular flexibility index (Phi) is 6.65. The van der Waals surface area contributed by atoms with E-state index in [-0.39, 0.29) is 4.91 Å².